The Morgan fingerprint density at radius 3 is 2.27 bits per heavy atom. The quantitative estimate of drug-likeness (QED) is 0.690. The molecule has 6 nitrogen and oxygen atoms in total. The highest BCUT2D eigenvalue weighted by molar-refractivity contribution is 7.92. The number of nitro groups is 1. The van der Waals surface area contributed by atoms with E-state index in [0.29, 0.717) is 12.1 Å². The number of rotatable bonds is 4. The predicted octanol–water partition coefficient (Wildman–Crippen LogP) is 2.98. The maximum absolute atomic E-state index is 13.5. The fraction of sp³-hybridized carbons (Fsp3) is 0.0769. The summed E-state index contributed by atoms with van der Waals surface area (Å²) in [6.07, 6.45) is 0. The van der Waals surface area contributed by atoms with Crippen LogP contribution in [-0.4, -0.2) is 13.3 Å². The van der Waals surface area contributed by atoms with E-state index in [1.807, 2.05) is 4.72 Å². The van der Waals surface area contributed by atoms with Gasteiger partial charge in [-0.2, -0.15) is 4.39 Å². The second-order valence-corrected chi connectivity index (χ2v) is 6.14. The molecule has 2 aromatic rings. The van der Waals surface area contributed by atoms with Crippen LogP contribution in [0.5, 0.6) is 0 Å². The summed E-state index contributed by atoms with van der Waals surface area (Å²) in [5.41, 5.74) is -1.11. The molecule has 0 aliphatic rings. The minimum atomic E-state index is -4.21. The summed E-state index contributed by atoms with van der Waals surface area (Å²) in [6, 6.07) is 6.46. The number of hydrogen-bond acceptors (Lipinski definition) is 4. The summed E-state index contributed by atoms with van der Waals surface area (Å²) >= 11 is 0. The van der Waals surface area contributed by atoms with Gasteiger partial charge < -0.3 is 0 Å². The Kier molecular flexibility index (Phi) is 4.09. The van der Waals surface area contributed by atoms with Gasteiger partial charge in [0.15, 0.2) is 0 Å². The van der Waals surface area contributed by atoms with Crippen molar-refractivity contribution in [1.82, 2.24) is 0 Å². The molecule has 9 heteroatoms. The van der Waals surface area contributed by atoms with Crippen molar-refractivity contribution in [1.29, 1.82) is 0 Å². The van der Waals surface area contributed by atoms with Crippen molar-refractivity contribution < 1.29 is 22.1 Å². The number of aryl methyl sites for hydroxylation is 1. The van der Waals surface area contributed by atoms with Crippen molar-refractivity contribution >= 4 is 21.4 Å². The van der Waals surface area contributed by atoms with Crippen LogP contribution in [-0.2, 0) is 10.0 Å². The smallest absolute Gasteiger partial charge is 0.273 e. The van der Waals surface area contributed by atoms with E-state index in [0.717, 1.165) is 5.56 Å². The van der Waals surface area contributed by atoms with Gasteiger partial charge >= 0.3 is 5.69 Å². The summed E-state index contributed by atoms with van der Waals surface area (Å²) in [5.74, 6) is -2.60. The van der Waals surface area contributed by atoms with Gasteiger partial charge in [-0.25, -0.2) is 12.8 Å². The zero-order chi connectivity index (χ0) is 16.5. The van der Waals surface area contributed by atoms with Gasteiger partial charge in [0.2, 0.25) is 5.82 Å². The van der Waals surface area contributed by atoms with Crippen LogP contribution in [0.15, 0.2) is 41.3 Å². The molecule has 22 heavy (non-hydrogen) atoms. The van der Waals surface area contributed by atoms with Gasteiger partial charge in [0.1, 0.15) is 11.5 Å². The van der Waals surface area contributed by atoms with E-state index in [4.69, 9.17) is 0 Å². The first-order valence-electron chi connectivity index (χ1n) is 5.93. The molecule has 0 heterocycles. The van der Waals surface area contributed by atoms with Crippen molar-refractivity contribution in [2.24, 2.45) is 0 Å². The van der Waals surface area contributed by atoms with E-state index in [1.54, 1.807) is 6.92 Å². The Morgan fingerprint density at radius 1 is 1.14 bits per heavy atom. The lowest BCUT2D eigenvalue weighted by Crippen LogP contribution is -2.15. The Bertz CT molecular complexity index is 836. The van der Waals surface area contributed by atoms with Gasteiger partial charge in [0.25, 0.3) is 10.0 Å². The largest absolute Gasteiger partial charge is 0.328 e. The zero-order valence-corrected chi connectivity index (χ0v) is 12.0. The van der Waals surface area contributed by atoms with Crippen molar-refractivity contribution in [2.75, 3.05) is 4.72 Å². The molecule has 2 rings (SSSR count). The van der Waals surface area contributed by atoms with Crippen LogP contribution in [0.3, 0.4) is 0 Å². The van der Waals surface area contributed by atoms with E-state index in [1.165, 1.54) is 24.3 Å². The number of anilines is 1. The molecule has 0 aromatic heterocycles. The van der Waals surface area contributed by atoms with Crippen LogP contribution in [0.25, 0.3) is 0 Å². The van der Waals surface area contributed by atoms with Crippen LogP contribution in [0.1, 0.15) is 5.56 Å². The van der Waals surface area contributed by atoms with Gasteiger partial charge in [-0.15, -0.1) is 0 Å². The number of nitrogens with zero attached hydrogens (tertiary/aromatic N) is 1. The molecule has 0 spiro atoms. The maximum atomic E-state index is 13.5. The van der Waals surface area contributed by atoms with E-state index >= 15 is 0 Å². The molecule has 0 amide bonds. The molecular weight excluding hydrogens is 318 g/mol. The van der Waals surface area contributed by atoms with Gasteiger partial charge in [-0.05, 0) is 19.1 Å². The van der Waals surface area contributed by atoms with Crippen LogP contribution < -0.4 is 4.72 Å². The van der Waals surface area contributed by atoms with Crippen LogP contribution in [0, 0.1) is 28.7 Å². The first kappa shape index (κ1) is 15.8. The van der Waals surface area contributed by atoms with Crippen LogP contribution in [0.2, 0.25) is 0 Å². The van der Waals surface area contributed by atoms with Gasteiger partial charge in [-0.3, -0.25) is 14.8 Å². The highest BCUT2D eigenvalue weighted by Crippen LogP contribution is 2.30. The average Bonchev–Trinajstić information content (AvgIpc) is 2.37. The molecule has 2 aromatic carbocycles. The fourth-order valence-corrected chi connectivity index (χ4v) is 2.81. The second kappa shape index (κ2) is 5.68. The monoisotopic (exact) mass is 328 g/mol. The van der Waals surface area contributed by atoms with E-state index in [2.05, 4.69) is 0 Å². The SMILES string of the molecule is Cc1ccc(S(=O)(=O)Nc2cc(F)cc(F)c2[N+](=O)[O-])cc1. The average molecular weight is 328 g/mol. The van der Waals surface area contributed by atoms with Gasteiger partial charge in [0.05, 0.1) is 9.82 Å². The highest BCUT2D eigenvalue weighted by Gasteiger charge is 2.26. The second-order valence-electron chi connectivity index (χ2n) is 4.46. The number of nitro benzene ring substituents is 1. The first-order valence-corrected chi connectivity index (χ1v) is 7.42. The first-order chi connectivity index (χ1) is 10.2. The minimum Gasteiger partial charge on any atom is -0.273 e. The van der Waals surface area contributed by atoms with Crippen molar-refractivity contribution in [3.63, 3.8) is 0 Å². The number of hydrogen-bond donors (Lipinski definition) is 1. The molecule has 0 radical (unpaired) electrons. The fourth-order valence-electron chi connectivity index (χ4n) is 1.75. The summed E-state index contributed by atoms with van der Waals surface area (Å²) in [7, 11) is -4.21. The standard InChI is InChI=1S/C13H10F2N2O4S/c1-8-2-4-10(5-3-8)22(20,21)16-12-7-9(14)6-11(15)13(12)17(18)19/h2-7,16H,1H3. The molecule has 0 atom stereocenters. The minimum absolute atomic E-state index is 0.183. The number of benzene rings is 2. The third-order valence-electron chi connectivity index (χ3n) is 2.79. The van der Waals surface area contributed by atoms with Gasteiger partial charge in [-0.1, -0.05) is 17.7 Å². The number of halogens is 2. The molecule has 0 aliphatic heterocycles. The van der Waals surface area contributed by atoms with Crippen LogP contribution >= 0.6 is 0 Å². The Balaban J connectivity index is 2.50. The molecule has 0 unspecified atom stereocenters. The normalized spacial score (nSPS) is 11.2. The van der Waals surface area contributed by atoms with E-state index in [9.17, 15) is 27.3 Å². The molecule has 0 saturated carbocycles. The topological polar surface area (TPSA) is 89.3 Å². The lowest BCUT2D eigenvalue weighted by atomic mass is 10.2. The molecular formula is C13H10F2N2O4S. The Morgan fingerprint density at radius 2 is 1.73 bits per heavy atom. The molecule has 0 saturated heterocycles. The van der Waals surface area contributed by atoms with Crippen LogP contribution in [0.4, 0.5) is 20.2 Å². The molecule has 0 fully saturated rings. The number of nitrogens with one attached hydrogen (secondary N) is 1. The lowest BCUT2D eigenvalue weighted by Gasteiger charge is -2.09. The number of sulfonamides is 1. The van der Waals surface area contributed by atoms with E-state index < -0.39 is 38.0 Å². The molecule has 0 aliphatic carbocycles. The Hall–Kier alpha value is -2.55. The summed E-state index contributed by atoms with van der Waals surface area (Å²) in [6.45, 7) is 1.75. The van der Waals surface area contributed by atoms with Crippen molar-refractivity contribution in [2.45, 2.75) is 11.8 Å². The predicted molar refractivity (Wildman–Crippen MR) is 75.0 cm³/mol. The maximum Gasteiger partial charge on any atom is 0.328 e. The molecule has 116 valence electrons. The summed E-state index contributed by atoms with van der Waals surface area (Å²) in [5, 5.41) is 10.8. The highest BCUT2D eigenvalue weighted by atomic mass is 32.2. The third kappa shape index (κ3) is 3.19. The molecule has 1 N–H and O–H groups in total. The van der Waals surface area contributed by atoms with Crippen molar-refractivity contribution in [3.8, 4) is 0 Å². The third-order valence-corrected chi connectivity index (χ3v) is 4.17. The van der Waals surface area contributed by atoms with Crippen molar-refractivity contribution in [3.05, 3.63) is 63.7 Å². The lowest BCUT2D eigenvalue weighted by molar-refractivity contribution is -0.386. The zero-order valence-electron chi connectivity index (χ0n) is 11.2. The van der Waals surface area contributed by atoms with Gasteiger partial charge in [0, 0.05) is 12.1 Å². The van der Waals surface area contributed by atoms with E-state index in [-0.39, 0.29) is 4.90 Å². The summed E-state index contributed by atoms with van der Waals surface area (Å²) < 4.78 is 52.8. The molecule has 0 bridgehead atoms. The summed E-state index contributed by atoms with van der Waals surface area (Å²) in [4.78, 5) is 9.52. The Labute approximate surface area is 124 Å².